The highest BCUT2D eigenvalue weighted by molar-refractivity contribution is 7.14. The molecule has 3 aromatic rings. The van der Waals surface area contributed by atoms with E-state index in [0.29, 0.717) is 36.4 Å². The standard InChI is InChI=1S/C29H33F2N3O4S/c1-17(2)15-24(29(37)38-19-5-3-4-6-19)33-14-13-20-8-12-26(39-20)34-25(35)11-10-22(28(34)32)27(36)21-9-7-18(30)16-23(21)31/h7-12,16-17,19,24,33H,3-6,13-15,32H2,1-2H3/t24-/m1/s1. The molecule has 0 spiro atoms. The van der Waals surface area contributed by atoms with Gasteiger partial charge < -0.3 is 15.8 Å². The molecule has 0 saturated heterocycles. The largest absolute Gasteiger partial charge is 0.461 e. The van der Waals surface area contributed by atoms with Crippen LogP contribution in [0.1, 0.15) is 66.8 Å². The van der Waals surface area contributed by atoms with Crippen molar-refractivity contribution in [3.63, 3.8) is 0 Å². The summed E-state index contributed by atoms with van der Waals surface area (Å²) in [4.78, 5) is 39.3. The molecule has 0 radical (unpaired) electrons. The van der Waals surface area contributed by atoms with E-state index in [1.54, 1.807) is 6.07 Å². The minimum Gasteiger partial charge on any atom is -0.461 e. The average Bonchev–Trinajstić information content (AvgIpc) is 3.55. The monoisotopic (exact) mass is 557 g/mol. The molecule has 1 aromatic carbocycles. The van der Waals surface area contributed by atoms with Crippen LogP contribution < -0.4 is 16.6 Å². The maximum atomic E-state index is 14.2. The molecule has 3 N–H and O–H groups in total. The first-order chi connectivity index (χ1) is 18.6. The van der Waals surface area contributed by atoms with Crippen molar-refractivity contribution in [3.8, 4) is 5.00 Å². The normalized spacial score (nSPS) is 14.6. The van der Waals surface area contributed by atoms with Gasteiger partial charge >= 0.3 is 5.97 Å². The molecule has 0 aliphatic heterocycles. The number of nitrogens with zero attached hydrogens (tertiary/aromatic N) is 1. The Bertz CT molecular complexity index is 1400. The molecule has 0 amide bonds. The SMILES string of the molecule is CC(C)C[C@@H](NCCc1ccc(-n2c(N)c(C(=O)c3ccc(F)cc3F)ccc2=O)s1)C(=O)OC1CCCC1. The number of anilines is 1. The van der Waals surface area contributed by atoms with E-state index in [0.717, 1.165) is 42.7 Å². The summed E-state index contributed by atoms with van der Waals surface area (Å²) in [5, 5.41) is 3.83. The number of rotatable bonds is 11. The molecular weight excluding hydrogens is 524 g/mol. The predicted molar refractivity (Wildman–Crippen MR) is 147 cm³/mol. The summed E-state index contributed by atoms with van der Waals surface area (Å²) in [6, 6.07) is 8.30. The van der Waals surface area contributed by atoms with E-state index in [1.807, 2.05) is 6.07 Å². The summed E-state index contributed by atoms with van der Waals surface area (Å²) in [6.07, 6.45) is 5.31. The molecular formula is C29H33F2N3O4S. The minimum absolute atomic E-state index is 0.0137. The van der Waals surface area contributed by atoms with Crippen LogP contribution in [-0.2, 0) is 16.0 Å². The van der Waals surface area contributed by atoms with Gasteiger partial charge in [0.2, 0.25) is 0 Å². The molecule has 1 saturated carbocycles. The van der Waals surface area contributed by atoms with E-state index in [2.05, 4.69) is 19.2 Å². The molecule has 1 aliphatic carbocycles. The van der Waals surface area contributed by atoms with Gasteiger partial charge in [0.05, 0.1) is 11.1 Å². The van der Waals surface area contributed by atoms with Crippen molar-refractivity contribution in [2.45, 2.75) is 64.5 Å². The molecule has 1 atom stereocenters. The van der Waals surface area contributed by atoms with Gasteiger partial charge in [0, 0.05) is 23.6 Å². The number of nitrogens with two attached hydrogens (primary N) is 1. The molecule has 0 unspecified atom stereocenters. The van der Waals surface area contributed by atoms with Crippen LogP contribution in [-0.4, -0.2) is 35.0 Å². The Balaban J connectivity index is 1.46. The molecule has 4 rings (SSSR count). The Kier molecular flexibility index (Phi) is 9.29. The molecule has 1 aliphatic rings. The van der Waals surface area contributed by atoms with Gasteiger partial charge in [-0.3, -0.25) is 19.0 Å². The highest BCUT2D eigenvalue weighted by atomic mass is 32.1. The highest BCUT2D eigenvalue weighted by Crippen LogP contribution is 2.26. The number of ketones is 1. The lowest BCUT2D eigenvalue weighted by Gasteiger charge is -2.21. The zero-order valence-electron chi connectivity index (χ0n) is 22.0. The molecule has 208 valence electrons. The number of halogens is 2. The van der Waals surface area contributed by atoms with Gasteiger partial charge in [-0.2, -0.15) is 0 Å². The second kappa shape index (κ2) is 12.7. The van der Waals surface area contributed by atoms with Crippen molar-refractivity contribution in [2.75, 3.05) is 12.3 Å². The summed E-state index contributed by atoms with van der Waals surface area (Å²) in [7, 11) is 0. The summed E-state index contributed by atoms with van der Waals surface area (Å²) >= 11 is 1.33. The van der Waals surface area contributed by atoms with Crippen LogP contribution in [0, 0.1) is 17.6 Å². The van der Waals surface area contributed by atoms with E-state index in [1.165, 1.54) is 28.0 Å². The maximum absolute atomic E-state index is 14.2. The maximum Gasteiger partial charge on any atom is 0.323 e. The zero-order chi connectivity index (χ0) is 28.1. The topological polar surface area (TPSA) is 103 Å². The van der Waals surface area contributed by atoms with Crippen molar-refractivity contribution < 1.29 is 23.1 Å². The van der Waals surface area contributed by atoms with Crippen molar-refractivity contribution in [3.05, 3.63) is 80.5 Å². The molecule has 0 bridgehead atoms. The fourth-order valence-electron chi connectivity index (χ4n) is 4.77. The Morgan fingerprint density at radius 3 is 2.51 bits per heavy atom. The number of benzene rings is 1. The first-order valence-electron chi connectivity index (χ1n) is 13.2. The number of thiophene rings is 1. The number of hydrogen-bond donors (Lipinski definition) is 2. The lowest BCUT2D eigenvalue weighted by Crippen LogP contribution is -2.41. The van der Waals surface area contributed by atoms with E-state index in [4.69, 9.17) is 10.5 Å². The van der Waals surface area contributed by atoms with Gasteiger partial charge in [0.25, 0.3) is 5.56 Å². The smallest absolute Gasteiger partial charge is 0.323 e. The van der Waals surface area contributed by atoms with E-state index >= 15 is 0 Å². The second-order valence-electron chi connectivity index (χ2n) is 10.2. The fourth-order valence-corrected chi connectivity index (χ4v) is 5.79. The Morgan fingerprint density at radius 1 is 1.10 bits per heavy atom. The molecule has 1 fully saturated rings. The summed E-state index contributed by atoms with van der Waals surface area (Å²) in [5.74, 6) is -2.58. The van der Waals surface area contributed by atoms with Crippen LogP contribution in [0.2, 0.25) is 0 Å². The number of esters is 1. The van der Waals surface area contributed by atoms with Crippen molar-refractivity contribution in [2.24, 2.45) is 5.92 Å². The molecule has 2 heterocycles. The Labute approximate surface area is 230 Å². The third-order valence-corrected chi connectivity index (χ3v) is 7.89. The third kappa shape index (κ3) is 6.99. The van der Waals surface area contributed by atoms with Gasteiger partial charge in [-0.25, -0.2) is 8.78 Å². The molecule has 2 aromatic heterocycles. The van der Waals surface area contributed by atoms with Crippen LogP contribution in [0.15, 0.2) is 47.3 Å². The number of aromatic nitrogens is 1. The quantitative estimate of drug-likeness (QED) is 0.253. The number of ether oxygens (including phenoxy) is 1. The molecule has 7 nitrogen and oxygen atoms in total. The first-order valence-corrected chi connectivity index (χ1v) is 14.0. The van der Waals surface area contributed by atoms with Crippen LogP contribution >= 0.6 is 11.3 Å². The minimum atomic E-state index is -1.01. The van der Waals surface area contributed by atoms with Gasteiger partial charge in [-0.05, 0) is 74.8 Å². The molecule has 10 heteroatoms. The van der Waals surface area contributed by atoms with Crippen molar-refractivity contribution >= 4 is 28.9 Å². The number of pyridine rings is 1. The van der Waals surface area contributed by atoms with Crippen LogP contribution in [0.25, 0.3) is 5.00 Å². The Hall–Kier alpha value is -3.37. The van der Waals surface area contributed by atoms with E-state index in [9.17, 15) is 23.2 Å². The van der Waals surface area contributed by atoms with Crippen LogP contribution in [0.3, 0.4) is 0 Å². The van der Waals surface area contributed by atoms with E-state index in [-0.39, 0.29) is 29.0 Å². The van der Waals surface area contributed by atoms with E-state index < -0.39 is 29.0 Å². The predicted octanol–water partition coefficient (Wildman–Crippen LogP) is 5.02. The summed E-state index contributed by atoms with van der Waals surface area (Å²) in [6.45, 7) is 4.66. The van der Waals surface area contributed by atoms with Gasteiger partial charge in [-0.1, -0.05) is 13.8 Å². The highest BCUT2D eigenvalue weighted by Gasteiger charge is 2.26. The lowest BCUT2D eigenvalue weighted by atomic mass is 10.0. The lowest BCUT2D eigenvalue weighted by molar-refractivity contribution is -0.151. The number of hydrogen-bond acceptors (Lipinski definition) is 7. The number of carbonyl (C=O) groups excluding carboxylic acids is 2. The van der Waals surface area contributed by atoms with Gasteiger partial charge in [0.15, 0.2) is 5.78 Å². The van der Waals surface area contributed by atoms with Crippen molar-refractivity contribution in [1.29, 1.82) is 0 Å². The third-order valence-electron chi connectivity index (χ3n) is 6.76. The van der Waals surface area contributed by atoms with Gasteiger partial charge in [-0.15, -0.1) is 11.3 Å². The Morgan fingerprint density at radius 2 is 1.82 bits per heavy atom. The summed E-state index contributed by atoms with van der Waals surface area (Å²) < 4.78 is 34.4. The summed E-state index contributed by atoms with van der Waals surface area (Å²) in [5.41, 5.74) is 5.38. The molecule has 39 heavy (non-hydrogen) atoms. The number of nitrogens with one attached hydrogen (secondary N) is 1. The average molecular weight is 558 g/mol. The fraction of sp³-hybridized carbons (Fsp3) is 0.414. The van der Waals surface area contributed by atoms with Gasteiger partial charge in [0.1, 0.15) is 34.6 Å². The number of carbonyl (C=O) groups is 2. The van der Waals surface area contributed by atoms with Crippen molar-refractivity contribution in [1.82, 2.24) is 9.88 Å². The number of nitrogen functional groups attached to an aromatic ring is 1. The van der Waals surface area contributed by atoms with Crippen LogP contribution in [0.5, 0.6) is 0 Å². The first kappa shape index (κ1) is 28.6. The zero-order valence-corrected chi connectivity index (χ0v) is 22.9. The second-order valence-corrected chi connectivity index (χ2v) is 11.4. The van der Waals surface area contributed by atoms with Crippen LogP contribution in [0.4, 0.5) is 14.6 Å².